The third-order valence-electron chi connectivity index (χ3n) is 2.02. The molecule has 1 aromatic carbocycles. The normalized spacial score (nSPS) is 11.2. The van der Waals surface area contributed by atoms with Crippen LogP contribution >= 0.6 is 15.9 Å². The van der Waals surface area contributed by atoms with Gasteiger partial charge in [0.15, 0.2) is 11.6 Å². The number of allylic oxidation sites excluding steroid dienone is 1. The summed E-state index contributed by atoms with van der Waals surface area (Å²) in [5, 5.41) is 0.291. The molecule has 0 spiro atoms. The van der Waals surface area contributed by atoms with Gasteiger partial charge in [0.05, 0.1) is 18.0 Å². The van der Waals surface area contributed by atoms with E-state index in [1.54, 1.807) is 19.1 Å². The number of carbonyl (C=O) groups excluding carboxylic acids is 1. The molecule has 0 saturated heterocycles. The summed E-state index contributed by atoms with van der Waals surface area (Å²) in [5.74, 6) is -0.612. The summed E-state index contributed by atoms with van der Waals surface area (Å²) in [6.07, 6.45) is 1.19. The Morgan fingerprint density at radius 1 is 1.50 bits per heavy atom. The average Bonchev–Trinajstić information content (AvgIpc) is 2.33. The molecule has 5 heteroatoms. The minimum Gasteiger partial charge on any atom is -0.463 e. The van der Waals surface area contributed by atoms with Crippen LogP contribution in [0.3, 0.4) is 0 Å². The number of hydrogen-bond acceptors (Lipinski definition) is 3. The van der Waals surface area contributed by atoms with E-state index < -0.39 is 11.8 Å². The Kier molecular flexibility index (Phi) is 5.85. The van der Waals surface area contributed by atoms with Gasteiger partial charge in [-0.1, -0.05) is 22.0 Å². The molecule has 0 aromatic heterocycles. The molecule has 18 heavy (non-hydrogen) atoms. The highest BCUT2D eigenvalue weighted by Crippen LogP contribution is 2.21. The second kappa shape index (κ2) is 7.16. The zero-order valence-corrected chi connectivity index (χ0v) is 11.8. The van der Waals surface area contributed by atoms with Crippen LogP contribution < -0.4 is 4.74 Å². The Labute approximate surface area is 114 Å². The van der Waals surface area contributed by atoms with Crippen LogP contribution in [-0.2, 0) is 9.53 Å². The van der Waals surface area contributed by atoms with E-state index in [-0.39, 0.29) is 18.1 Å². The van der Waals surface area contributed by atoms with Crippen LogP contribution in [0, 0.1) is 12.7 Å². The number of aryl methyl sites for hydroxylation is 1. The highest BCUT2D eigenvalue weighted by molar-refractivity contribution is 9.09. The second-order valence-corrected chi connectivity index (χ2v) is 4.09. The van der Waals surface area contributed by atoms with Crippen molar-refractivity contribution in [2.45, 2.75) is 13.8 Å². The number of carbonyl (C=O) groups is 1. The fraction of sp³-hybridized carbons (Fsp3) is 0.308. The van der Waals surface area contributed by atoms with Gasteiger partial charge in [0.25, 0.3) is 0 Å². The van der Waals surface area contributed by atoms with E-state index in [0.717, 1.165) is 5.56 Å². The molecule has 0 aliphatic heterocycles. The van der Waals surface area contributed by atoms with E-state index >= 15 is 0 Å². The smallest absolute Gasteiger partial charge is 0.334 e. The third kappa shape index (κ3) is 4.49. The van der Waals surface area contributed by atoms with Crippen LogP contribution in [0.25, 0.3) is 0 Å². The first kappa shape index (κ1) is 14.7. The van der Waals surface area contributed by atoms with Crippen molar-refractivity contribution in [2.24, 2.45) is 0 Å². The fourth-order valence-electron chi connectivity index (χ4n) is 1.24. The molecule has 0 unspecified atom stereocenters. The Hall–Kier alpha value is -1.36. The molecular weight excluding hydrogens is 303 g/mol. The molecule has 1 rings (SSSR count). The highest BCUT2D eigenvalue weighted by Gasteiger charge is 2.08. The predicted octanol–water partition coefficient (Wildman–Crippen LogP) is 3.35. The van der Waals surface area contributed by atoms with Crippen molar-refractivity contribution >= 4 is 21.9 Å². The largest absolute Gasteiger partial charge is 0.463 e. The number of benzene rings is 1. The molecule has 0 atom stereocenters. The summed E-state index contributed by atoms with van der Waals surface area (Å²) in [4.78, 5) is 11.3. The monoisotopic (exact) mass is 316 g/mol. The molecule has 0 fully saturated rings. The molecule has 98 valence electrons. The van der Waals surface area contributed by atoms with Crippen LogP contribution in [-0.4, -0.2) is 17.9 Å². The van der Waals surface area contributed by atoms with E-state index in [1.807, 2.05) is 6.92 Å². The Morgan fingerprint density at radius 2 is 2.22 bits per heavy atom. The van der Waals surface area contributed by atoms with Gasteiger partial charge in [0, 0.05) is 0 Å². The van der Waals surface area contributed by atoms with Crippen molar-refractivity contribution in [2.75, 3.05) is 11.9 Å². The lowest BCUT2D eigenvalue weighted by molar-refractivity contribution is -0.137. The maximum Gasteiger partial charge on any atom is 0.334 e. The summed E-state index contributed by atoms with van der Waals surface area (Å²) in [6.45, 7) is 3.82. The molecule has 0 amide bonds. The molecule has 0 bridgehead atoms. The van der Waals surface area contributed by atoms with Crippen LogP contribution in [0.2, 0.25) is 0 Å². The number of alkyl halides is 1. The summed E-state index contributed by atoms with van der Waals surface area (Å²) < 4.78 is 23.6. The quantitative estimate of drug-likeness (QED) is 0.362. The van der Waals surface area contributed by atoms with E-state index in [1.165, 1.54) is 12.1 Å². The van der Waals surface area contributed by atoms with E-state index in [9.17, 15) is 9.18 Å². The van der Waals surface area contributed by atoms with Gasteiger partial charge < -0.3 is 9.47 Å². The fourth-order valence-corrected chi connectivity index (χ4v) is 1.52. The Balaban J connectivity index is 2.85. The van der Waals surface area contributed by atoms with Crippen molar-refractivity contribution in [3.8, 4) is 5.75 Å². The standard InChI is InChI=1S/C13H14BrFO3/c1-3-17-13(16)7-10(8-14)18-12-6-9(2)4-5-11(12)15/h4-7H,3,8H2,1-2H3. The molecular formula is C13H14BrFO3. The first-order valence-corrected chi connectivity index (χ1v) is 6.56. The van der Waals surface area contributed by atoms with Crippen molar-refractivity contribution in [3.05, 3.63) is 41.4 Å². The summed E-state index contributed by atoms with van der Waals surface area (Å²) >= 11 is 3.17. The number of rotatable bonds is 5. The minimum absolute atomic E-state index is 0.0880. The molecule has 0 aliphatic rings. The van der Waals surface area contributed by atoms with Gasteiger partial charge in [-0.15, -0.1) is 0 Å². The summed E-state index contributed by atoms with van der Waals surface area (Å²) in [7, 11) is 0. The van der Waals surface area contributed by atoms with Gasteiger partial charge in [-0.3, -0.25) is 0 Å². The van der Waals surface area contributed by atoms with Gasteiger partial charge in [0.2, 0.25) is 0 Å². The highest BCUT2D eigenvalue weighted by atomic mass is 79.9. The Morgan fingerprint density at radius 3 is 2.83 bits per heavy atom. The maximum atomic E-state index is 13.5. The topological polar surface area (TPSA) is 35.5 Å². The first-order chi connectivity index (χ1) is 8.56. The summed E-state index contributed by atoms with van der Waals surface area (Å²) in [5.41, 5.74) is 0.872. The van der Waals surface area contributed by atoms with Crippen molar-refractivity contribution in [3.63, 3.8) is 0 Å². The van der Waals surface area contributed by atoms with Crippen LogP contribution in [0.15, 0.2) is 30.0 Å². The molecule has 0 saturated carbocycles. The predicted molar refractivity (Wildman–Crippen MR) is 70.3 cm³/mol. The van der Waals surface area contributed by atoms with Gasteiger partial charge in [-0.05, 0) is 31.5 Å². The van der Waals surface area contributed by atoms with Crippen LogP contribution in [0.4, 0.5) is 4.39 Å². The van der Waals surface area contributed by atoms with E-state index in [4.69, 9.17) is 9.47 Å². The third-order valence-corrected chi connectivity index (χ3v) is 2.58. The van der Waals surface area contributed by atoms with Gasteiger partial charge in [-0.2, -0.15) is 0 Å². The number of halogens is 2. The SMILES string of the molecule is CCOC(=O)C=C(CBr)Oc1cc(C)ccc1F. The van der Waals surface area contributed by atoms with Gasteiger partial charge >= 0.3 is 5.97 Å². The van der Waals surface area contributed by atoms with E-state index in [0.29, 0.717) is 5.33 Å². The Bertz CT molecular complexity index is 458. The van der Waals surface area contributed by atoms with Crippen LogP contribution in [0.1, 0.15) is 12.5 Å². The van der Waals surface area contributed by atoms with Crippen molar-refractivity contribution in [1.82, 2.24) is 0 Å². The first-order valence-electron chi connectivity index (χ1n) is 5.44. The maximum absolute atomic E-state index is 13.5. The van der Waals surface area contributed by atoms with E-state index in [2.05, 4.69) is 15.9 Å². The molecule has 0 heterocycles. The molecule has 3 nitrogen and oxygen atoms in total. The molecule has 0 N–H and O–H groups in total. The zero-order valence-electron chi connectivity index (χ0n) is 10.2. The molecule has 0 radical (unpaired) electrons. The number of ether oxygens (including phenoxy) is 2. The molecule has 0 aliphatic carbocycles. The number of esters is 1. The van der Waals surface area contributed by atoms with Crippen molar-refractivity contribution in [1.29, 1.82) is 0 Å². The van der Waals surface area contributed by atoms with Crippen LogP contribution in [0.5, 0.6) is 5.75 Å². The average molecular weight is 317 g/mol. The second-order valence-electron chi connectivity index (χ2n) is 3.53. The van der Waals surface area contributed by atoms with Gasteiger partial charge in [-0.25, -0.2) is 9.18 Å². The minimum atomic E-state index is -0.514. The molecule has 1 aromatic rings. The lowest BCUT2D eigenvalue weighted by atomic mass is 10.2. The summed E-state index contributed by atoms with van der Waals surface area (Å²) in [6, 6.07) is 4.53. The lowest BCUT2D eigenvalue weighted by Gasteiger charge is -2.09. The van der Waals surface area contributed by atoms with Gasteiger partial charge in [0.1, 0.15) is 5.76 Å². The lowest BCUT2D eigenvalue weighted by Crippen LogP contribution is -2.06. The number of hydrogen-bond donors (Lipinski definition) is 0. The van der Waals surface area contributed by atoms with Crippen molar-refractivity contribution < 1.29 is 18.7 Å². The zero-order chi connectivity index (χ0) is 13.5.